The van der Waals surface area contributed by atoms with Crippen molar-refractivity contribution in [1.82, 2.24) is 0 Å². The third-order valence-electron chi connectivity index (χ3n) is 5.14. The minimum atomic E-state index is 0.0767. The van der Waals surface area contributed by atoms with Gasteiger partial charge in [0.25, 0.3) is 0 Å². The number of aryl methyl sites for hydroxylation is 1. The van der Waals surface area contributed by atoms with Crippen molar-refractivity contribution < 1.29 is 20.6 Å². The van der Waals surface area contributed by atoms with Crippen LogP contribution in [0.5, 0.6) is 0 Å². The Kier molecular flexibility index (Phi) is 5.60. The third-order valence-corrected chi connectivity index (χ3v) is 5.77. The van der Waals surface area contributed by atoms with E-state index in [-0.39, 0.29) is 6.04 Å². The van der Waals surface area contributed by atoms with Crippen LogP contribution in [0.4, 0.5) is 5.69 Å². The van der Waals surface area contributed by atoms with Crippen molar-refractivity contribution in [2.45, 2.75) is 19.5 Å². The Hall–Kier alpha value is -2.44. The van der Waals surface area contributed by atoms with E-state index < -0.39 is 0 Å². The quantitative estimate of drug-likeness (QED) is 0.559. The van der Waals surface area contributed by atoms with E-state index in [1.807, 2.05) is 0 Å². The number of methoxy groups -OCH3 is 1. The van der Waals surface area contributed by atoms with Gasteiger partial charge in [-0.05, 0) is 0 Å². The summed E-state index contributed by atoms with van der Waals surface area (Å²) >= 11 is 3.13. The molecule has 2 nitrogen and oxygen atoms in total. The number of hydrogen-bond donors (Lipinski definition) is 0. The number of rotatable bonds is 5. The molecule has 0 saturated heterocycles. The summed E-state index contributed by atoms with van der Waals surface area (Å²) in [6, 6.07) is 28.0. The summed E-state index contributed by atoms with van der Waals surface area (Å²) in [5, 5.41) is 0. The van der Waals surface area contributed by atoms with Gasteiger partial charge in [-0.1, -0.05) is 0 Å². The predicted molar refractivity (Wildman–Crippen MR) is 113 cm³/mol. The molecule has 0 fully saturated rings. The maximum absolute atomic E-state index is 5.65. The van der Waals surface area contributed by atoms with E-state index in [1.165, 1.54) is 27.9 Å². The van der Waals surface area contributed by atoms with Gasteiger partial charge in [-0.15, -0.1) is 0 Å². The molecule has 3 heteroatoms. The van der Waals surface area contributed by atoms with E-state index >= 15 is 0 Å². The Bertz CT molecular complexity index is 1010. The normalized spacial score (nSPS) is 15.7. The van der Waals surface area contributed by atoms with Crippen LogP contribution in [0.25, 0.3) is 6.08 Å². The number of nitrogens with zero attached hydrogens (tertiary/aromatic N) is 1. The van der Waals surface area contributed by atoms with Crippen LogP contribution in [0.3, 0.4) is 0 Å². The van der Waals surface area contributed by atoms with Crippen molar-refractivity contribution in [2.75, 3.05) is 12.0 Å². The second-order valence-corrected chi connectivity index (χ2v) is 7.66. The first-order valence-electron chi connectivity index (χ1n) is 9.43. The average molecular weight is 405 g/mol. The fraction of sp³-hybridized carbons (Fsp3) is 0.160. The van der Waals surface area contributed by atoms with Crippen LogP contribution in [0.1, 0.15) is 28.3 Å². The number of anilines is 1. The van der Waals surface area contributed by atoms with Crippen LogP contribution in [-0.2, 0) is 27.1 Å². The molecule has 0 amide bonds. The Labute approximate surface area is 175 Å². The SMILES string of the molecule is CO[C](=[Cr])C1=Cc2cc(C)ccc2N(Cc2ccccc2)C1c1ccccc1. The van der Waals surface area contributed by atoms with Gasteiger partial charge in [0.1, 0.15) is 0 Å². The molecular formula is C25H23CrNO. The summed E-state index contributed by atoms with van der Waals surface area (Å²) in [6.07, 6.45) is 2.26. The molecule has 1 heterocycles. The third kappa shape index (κ3) is 3.75. The fourth-order valence-corrected chi connectivity index (χ4v) is 4.11. The fourth-order valence-electron chi connectivity index (χ4n) is 3.84. The van der Waals surface area contributed by atoms with Crippen molar-refractivity contribution in [2.24, 2.45) is 0 Å². The Morgan fingerprint density at radius 3 is 2.32 bits per heavy atom. The predicted octanol–water partition coefficient (Wildman–Crippen LogP) is 5.46. The van der Waals surface area contributed by atoms with Crippen molar-refractivity contribution in [3.8, 4) is 0 Å². The van der Waals surface area contributed by atoms with Gasteiger partial charge < -0.3 is 0 Å². The van der Waals surface area contributed by atoms with E-state index in [0.29, 0.717) is 0 Å². The number of ether oxygens (including phenoxy) is 1. The zero-order valence-corrected chi connectivity index (χ0v) is 17.4. The molecule has 1 aliphatic heterocycles. The topological polar surface area (TPSA) is 12.5 Å². The van der Waals surface area contributed by atoms with E-state index in [4.69, 9.17) is 4.74 Å². The molecule has 140 valence electrons. The molecule has 0 saturated carbocycles. The molecule has 1 atom stereocenters. The van der Waals surface area contributed by atoms with Gasteiger partial charge in [0.2, 0.25) is 0 Å². The summed E-state index contributed by atoms with van der Waals surface area (Å²) < 4.78 is 6.48. The van der Waals surface area contributed by atoms with E-state index in [0.717, 1.165) is 16.7 Å². The molecule has 0 spiro atoms. The van der Waals surface area contributed by atoms with Crippen LogP contribution in [0.15, 0.2) is 84.4 Å². The standard InChI is InChI=1S/C25H23NO.Cr/c1-19-13-14-24-22(15-19)16-23(18-27-2)25(21-11-7-4-8-12-21)26(24)17-20-9-5-3-6-10-20;/h3-16,25H,17H2,1-2H3;. The average Bonchev–Trinajstić information content (AvgIpc) is 2.74. The first kappa shape index (κ1) is 18.9. The van der Waals surface area contributed by atoms with Crippen LogP contribution in [-0.4, -0.2) is 11.7 Å². The Morgan fingerprint density at radius 1 is 0.964 bits per heavy atom. The van der Waals surface area contributed by atoms with Crippen LogP contribution in [0, 0.1) is 6.92 Å². The van der Waals surface area contributed by atoms with Gasteiger partial charge in [0, 0.05) is 0 Å². The summed E-state index contributed by atoms with van der Waals surface area (Å²) in [7, 11) is 1.72. The molecule has 3 aromatic rings. The van der Waals surface area contributed by atoms with Gasteiger partial charge >= 0.3 is 175 Å². The zero-order chi connectivity index (χ0) is 19.5. The summed E-state index contributed by atoms with van der Waals surface area (Å²) in [6.45, 7) is 2.96. The molecule has 1 aliphatic rings. The molecule has 28 heavy (non-hydrogen) atoms. The monoisotopic (exact) mass is 405 g/mol. The van der Waals surface area contributed by atoms with Crippen LogP contribution >= 0.6 is 0 Å². The van der Waals surface area contributed by atoms with E-state index in [2.05, 4.69) is 113 Å². The molecule has 0 radical (unpaired) electrons. The Morgan fingerprint density at radius 2 is 1.64 bits per heavy atom. The summed E-state index contributed by atoms with van der Waals surface area (Å²) in [4.78, 5) is 2.48. The van der Waals surface area contributed by atoms with Crippen LogP contribution in [0.2, 0.25) is 0 Å². The van der Waals surface area contributed by atoms with Crippen molar-refractivity contribution >= 4 is 16.3 Å². The number of fused-ring (bicyclic) bond motifs is 1. The van der Waals surface area contributed by atoms with E-state index in [1.54, 1.807) is 7.11 Å². The molecule has 0 N–H and O–H groups in total. The first-order chi connectivity index (χ1) is 13.7. The molecule has 4 rings (SSSR count). The number of hydrogen-bond acceptors (Lipinski definition) is 2. The van der Waals surface area contributed by atoms with Crippen LogP contribution < -0.4 is 4.90 Å². The molecule has 1 unspecified atom stereocenters. The van der Waals surface area contributed by atoms with E-state index in [9.17, 15) is 0 Å². The first-order valence-corrected chi connectivity index (χ1v) is 10.1. The van der Waals surface area contributed by atoms with Gasteiger partial charge in [0.15, 0.2) is 0 Å². The van der Waals surface area contributed by atoms with Crippen molar-refractivity contribution in [3.63, 3.8) is 0 Å². The summed E-state index contributed by atoms with van der Waals surface area (Å²) in [5.41, 5.74) is 7.42. The Balaban J connectivity index is 1.90. The van der Waals surface area contributed by atoms with Crippen molar-refractivity contribution in [1.29, 1.82) is 0 Å². The molecular weight excluding hydrogens is 382 g/mol. The molecule has 0 aromatic heterocycles. The molecule has 3 aromatic carbocycles. The van der Waals surface area contributed by atoms with Crippen molar-refractivity contribution in [3.05, 3.63) is 107 Å². The summed E-state index contributed by atoms with van der Waals surface area (Å²) in [5.74, 6) is 0. The maximum atomic E-state index is 5.65. The van der Waals surface area contributed by atoms with Gasteiger partial charge in [-0.2, -0.15) is 0 Å². The molecule has 0 aliphatic carbocycles. The number of benzene rings is 3. The van der Waals surface area contributed by atoms with Gasteiger partial charge in [-0.25, -0.2) is 0 Å². The second-order valence-electron chi connectivity index (χ2n) is 7.08. The van der Waals surface area contributed by atoms with Gasteiger partial charge in [-0.3, -0.25) is 0 Å². The second kappa shape index (κ2) is 8.29. The van der Waals surface area contributed by atoms with Gasteiger partial charge in [0.05, 0.1) is 0 Å². The molecule has 0 bridgehead atoms. The zero-order valence-electron chi connectivity index (χ0n) is 16.1. The minimum absolute atomic E-state index is 0.0767.